The van der Waals surface area contributed by atoms with Crippen molar-refractivity contribution in [3.8, 4) is 0 Å². The van der Waals surface area contributed by atoms with E-state index in [1.165, 1.54) is 0 Å². The van der Waals surface area contributed by atoms with Gasteiger partial charge in [-0.25, -0.2) is 4.79 Å². The van der Waals surface area contributed by atoms with Gasteiger partial charge in [0.1, 0.15) is 5.60 Å². The molecule has 0 aliphatic carbocycles. The first-order valence-electron chi connectivity index (χ1n) is 6.61. The molecule has 1 unspecified atom stereocenters. The third kappa shape index (κ3) is 6.78. The van der Waals surface area contributed by atoms with Gasteiger partial charge in [-0.15, -0.1) is 0 Å². The summed E-state index contributed by atoms with van der Waals surface area (Å²) in [5, 5.41) is 5.36. The molecule has 0 aliphatic rings. The summed E-state index contributed by atoms with van der Waals surface area (Å²) in [7, 11) is 0. The largest absolute Gasteiger partial charge is 0.444 e. The Morgan fingerprint density at radius 3 is 2.50 bits per heavy atom. The Balaban J connectivity index is 2.47. The first-order chi connectivity index (χ1) is 9.40. The molecule has 1 atom stereocenters. The SMILES string of the molecule is CC(C)(C)OC(=O)NCC(Cc1ccccc1)NC=O. The van der Waals surface area contributed by atoms with Crippen molar-refractivity contribution in [2.75, 3.05) is 6.54 Å². The first kappa shape index (κ1) is 16.0. The summed E-state index contributed by atoms with van der Waals surface area (Å²) < 4.78 is 5.15. The van der Waals surface area contributed by atoms with Crippen LogP contribution in [0.25, 0.3) is 0 Å². The summed E-state index contributed by atoms with van der Waals surface area (Å²) in [5.74, 6) is 0. The van der Waals surface area contributed by atoms with Crippen LogP contribution in [0.1, 0.15) is 26.3 Å². The monoisotopic (exact) mass is 278 g/mol. The first-order valence-corrected chi connectivity index (χ1v) is 6.61. The zero-order chi connectivity index (χ0) is 15.0. The van der Waals surface area contributed by atoms with Crippen LogP contribution in [-0.4, -0.2) is 30.7 Å². The highest BCUT2D eigenvalue weighted by Gasteiger charge is 2.17. The van der Waals surface area contributed by atoms with Crippen molar-refractivity contribution in [1.82, 2.24) is 10.6 Å². The van der Waals surface area contributed by atoms with E-state index in [-0.39, 0.29) is 6.04 Å². The summed E-state index contributed by atoms with van der Waals surface area (Å²) >= 11 is 0. The van der Waals surface area contributed by atoms with Gasteiger partial charge in [0.05, 0.1) is 6.04 Å². The molecule has 1 rings (SSSR count). The van der Waals surface area contributed by atoms with Gasteiger partial charge in [-0.05, 0) is 32.8 Å². The lowest BCUT2D eigenvalue weighted by molar-refractivity contribution is -0.110. The molecule has 5 nitrogen and oxygen atoms in total. The number of benzene rings is 1. The maximum atomic E-state index is 11.6. The van der Waals surface area contributed by atoms with Crippen molar-refractivity contribution in [1.29, 1.82) is 0 Å². The molecular weight excluding hydrogens is 256 g/mol. The Morgan fingerprint density at radius 2 is 1.95 bits per heavy atom. The van der Waals surface area contributed by atoms with Crippen LogP contribution in [0, 0.1) is 0 Å². The van der Waals surface area contributed by atoms with Crippen molar-refractivity contribution >= 4 is 12.5 Å². The minimum Gasteiger partial charge on any atom is -0.444 e. The number of ether oxygens (including phenoxy) is 1. The molecule has 1 aromatic carbocycles. The van der Waals surface area contributed by atoms with Crippen LogP contribution < -0.4 is 10.6 Å². The van der Waals surface area contributed by atoms with Crippen LogP contribution in [0.4, 0.5) is 4.79 Å². The molecule has 0 saturated heterocycles. The average Bonchev–Trinajstić information content (AvgIpc) is 2.35. The number of alkyl carbamates (subject to hydrolysis) is 1. The number of hydrogen-bond donors (Lipinski definition) is 2. The molecule has 2 amide bonds. The van der Waals surface area contributed by atoms with E-state index in [0.29, 0.717) is 19.4 Å². The van der Waals surface area contributed by atoms with Gasteiger partial charge in [0, 0.05) is 6.54 Å². The smallest absolute Gasteiger partial charge is 0.407 e. The average molecular weight is 278 g/mol. The van der Waals surface area contributed by atoms with Gasteiger partial charge in [0.15, 0.2) is 0 Å². The topological polar surface area (TPSA) is 67.4 Å². The molecular formula is C15H22N2O3. The minimum atomic E-state index is -0.531. The lowest BCUT2D eigenvalue weighted by Gasteiger charge is -2.22. The maximum Gasteiger partial charge on any atom is 0.407 e. The third-order valence-corrected chi connectivity index (χ3v) is 2.52. The molecule has 1 aromatic rings. The normalized spacial score (nSPS) is 12.3. The predicted molar refractivity (Wildman–Crippen MR) is 77.4 cm³/mol. The van der Waals surface area contributed by atoms with E-state index >= 15 is 0 Å². The number of hydrogen-bond acceptors (Lipinski definition) is 3. The van der Waals surface area contributed by atoms with Crippen LogP contribution in [0.3, 0.4) is 0 Å². The Bertz CT molecular complexity index is 426. The summed E-state index contributed by atoms with van der Waals surface area (Å²) in [6.45, 7) is 5.73. The van der Waals surface area contributed by atoms with Gasteiger partial charge in [0.25, 0.3) is 0 Å². The fraction of sp³-hybridized carbons (Fsp3) is 0.467. The zero-order valence-electron chi connectivity index (χ0n) is 12.2. The summed E-state index contributed by atoms with van der Waals surface area (Å²) in [6, 6.07) is 9.61. The second kappa shape index (κ2) is 7.53. The lowest BCUT2D eigenvalue weighted by Crippen LogP contribution is -2.43. The predicted octanol–water partition coefficient (Wildman–Crippen LogP) is 1.87. The van der Waals surface area contributed by atoms with Crippen molar-refractivity contribution in [3.05, 3.63) is 35.9 Å². The highest BCUT2D eigenvalue weighted by atomic mass is 16.6. The van der Waals surface area contributed by atoms with Crippen molar-refractivity contribution in [2.24, 2.45) is 0 Å². The van der Waals surface area contributed by atoms with E-state index < -0.39 is 11.7 Å². The number of amides is 2. The van der Waals surface area contributed by atoms with Crippen molar-refractivity contribution in [3.63, 3.8) is 0 Å². The summed E-state index contributed by atoms with van der Waals surface area (Å²) in [4.78, 5) is 22.2. The van der Waals surface area contributed by atoms with Gasteiger partial charge < -0.3 is 15.4 Å². The Kier molecular flexibility index (Phi) is 6.03. The Hall–Kier alpha value is -2.04. The van der Waals surface area contributed by atoms with Crippen LogP contribution in [-0.2, 0) is 16.0 Å². The zero-order valence-corrected chi connectivity index (χ0v) is 12.2. The molecule has 0 bridgehead atoms. The fourth-order valence-electron chi connectivity index (χ4n) is 1.71. The van der Waals surface area contributed by atoms with E-state index in [4.69, 9.17) is 4.74 Å². The molecule has 0 fully saturated rings. The molecule has 20 heavy (non-hydrogen) atoms. The van der Waals surface area contributed by atoms with Gasteiger partial charge in [-0.1, -0.05) is 30.3 Å². The molecule has 0 heterocycles. The molecule has 0 saturated carbocycles. The van der Waals surface area contributed by atoms with Crippen molar-refractivity contribution in [2.45, 2.75) is 38.8 Å². The summed E-state index contributed by atoms with van der Waals surface area (Å²) in [6.07, 6.45) is 0.808. The number of carbonyl (C=O) groups excluding carboxylic acids is 2. The van der Waals surface area contributed by atoms with Gasteiger partial charge in [-0.2, -0.15) is 0 Å². The maximum absolute atomic E-state index is 11.6. The van der Waals surface area contributed by atoms with E-state index in [1.54, 1.807) is 20.8 Å². The lowest BCUT2D eigenvalue weighted by atomic mass is 10.1. The molecule has 0 aromatic heterocycles. The highest BCUT2D eigenvalue weighted by Crippen LogP contribution is 2.07. The Labute approximate surface area is 119 Å². The molecule has 5 heteroatoms. The number of rotatable bonds is 6. The van der Waals surface area contributed by atoms with Crippen LogP contribution in [0.2, 0.25) is 0 Å². The molecule has 2 N–H and O–H groups in total. The second-order valence-corrected chi connectivity index (χ2v) is 5.55. The molecule has 0 radical (unpaired) electrons. The van der Waals surface area contributed by atoms with Crippen LogP contribution in [0.15, 0.2) is 30.3 Å². The fourth-order valence-corrected chi connectivity index (χ4v) is 1.71. The molecule has 0 aliphatic heterocycles. The van der Waals surface area contributed by atoms with E-state index in [1.807, 2.05) is 30.3 Å². The van der Waals surface area contributed by atoms with Gasteiger partial charge in [-0.3, -0.25) is 4.79 Å². The van der Waals surface area contributed by atoms with Gasteiger partial charge in [0.2, 0.25) is 6.41 Å². The standard InChI is InChI=1S/C15H22N2O3/c1-15(2,3)20-14(19)16-10-13(17-11-18)9-12-7-5-4-6-8-12/h4-8,11,13H,9-10H2,1-3H3,(H,16,19)(H,17,18). The van der Waals surface area contributed by atoms with E-state index in [9.17, 15) is 9.59 Å². The van der Waals surface area contributed by atoms with Gasteiger partial charge >= 0.3 is 6.09 Å². The third-order valence-electron chi connectivity index (χ3n) is 2.52. The second-order valence-electron chi connectivity index (χ2n) is 5.55. The Morgan fingerprint density at radius 1 is 1.30 bits per heavy atom. The number of nitrogens with one attached hydrogen (secondary N) is 2. The van der Waals surface area contributed by atoms with Crippen LogP contribution in [0.5, 0.6) is 0 Å². The van der Waals surface area contributed by atoms with Crippen LogP contribution >= 0.6 is 0 Å². The minimum absolute atomic E-state index is 0.164. The summed E-state index contributed by atoms with van der Waals surface area (Å²) in [5.41, 5.74) is 0.565. The highest BCUT2D eigenvalue weighted by molar-refractivity contribution is 5.67. The van der Waals surface area contributed by atoms with Crippen molar-refractivity contribution < 1.29 is 14.3 Å². The molecule has 110 valence electrons. The van der Waals surface area contributed by atoms with E-state index in [0.717, 1.165) is 5.56 Å². The van der Waals surface area contributed by atoms with E-state index in [2.05, 4.69) is 10.6 Å². The quantitative estimate of drug-likeness (QED) is 0.781. The molecule has 0 spiro atoms. The number of carbonyl (C=O) groups is 2.